The van der Waals surface area contributed by atoms with Gasteiger partial charge in [0, 0.05) is 5.56 Å². The van der Waals surface area contributed by atoms with Crippen molar-refractivity contribution in [1.29, 1.82) is 0 Å². The van der Waals surface area contributed by atoms with Crippen LogP contribution in [0.5, 0.6) is 5.75 Å². The SMILES string of the molecule is O=C(O)c1ccccc1.O=Cc1ccccc1.Oc1ccccc1. The van der Waals surface area contributed by atoms with Crippen LogP contribution < -0.4 is 0 Å². The molecule has 0 radical (unpaired) electrons. The highest BCUT2D eigenvalue weighted by molar-refractivity contribution is 5.87. The molecule has 0 aliphatic heterocycles. The largest absolute Gasteiger partial charge is 0.508 e. The summed E-state index contributed by atoms with van der Waals surface area (Å²) >= 11 is 0. The lowest BCUT2D eigenvalue weighted by atomic mass is 10.2. The van der Waals surface area contributed by atoms with Crippen LogP contribution in [-0.4, -0.2) is 22.5 Å². The molecule has 0 saturated heterocycles. The zero-order chi connectivity index (χ0) is 17.6. The van der Waals surface area contributed by atoms with Gasteiger partial charge in [0.05, 0.1) is 5.56 Å². The highest BCUT2D eigenvalue weighted by atomic mass is 16.4. The van der Waals surface area contributed by atoms with Gasteiger partial charge in [-0.15, -0.1) is 0 Å². The monoisotopic (exact) mass is 322 g/mol. The normalized spacial score (nSPS) is 8.67. The van der Waals surface area contributed by atoms with Crippen LogP contribution in [-0.2, 0) is 0 Å². The Morgan fingerprint density at radius 1 is 0.708 bits per heavy atom. The second-order valence-electron chi connectivity index (χ2n) is 4.54. The molecule has 0 fully saturated rings. The lowest BCUT2D eigenvalue weighted by molar-refractivity contribution is 0.0696. The van der Waals surface area contributed by atoms with Gasteiger partial charge in [-0.2, -0.15) is 0 Å². The standard InChI is InChI=1S/C7H6O2.C7H6O.C6H6O/c8-7(9)6-4-2-1-3-5-6;8-6-7-4-2-1-3-5-7;7-6-4-2-1-3-5-6/h1-5H,(H,8,9);1-6H;1-5,7H. The fraction of sp³-hybridized carbons (Fsp3) is 0. The number of carbonyl (C=O) groups excluding carboxylic acids is 1. The summed E-state index contributed by atoms with van der Waals surface area (Å²) in [7, 11) is 0. The average molecular weight is 322 g/mol. The molecule has 0 heterocycles. The van der Waals surface area contributed by atoms with Crippen LogP contribution in [0.4, 0.5) is 0 Å². The smallest absolute Gasteiger partial charge is 0.335 e. The van der Waals surface area contributed by atoms with Crippen molar-refractivity contribution in [2.75, 3.05) is 0 Å². The van der Waals surface area contributed by atoms with Crippen LogP contribution in [0.2, 0.25) is 0 Å². The number of carboxylic acids is 1. The van der Waals surface area contributed by atoms with Gasteiger partial charge in [-0.3, -0.25) is 4.79 Å². The number of rotatable bonds is 2. The zero-order valence-corrected chi connectivity index (χ0v) is 12.9. The number of carboxylic acid groups (broad SMARTS) is 1. The van der Waals surface area contributed by atoms with Gasteiger partial charge in [-0.25, -0.2) is 4.79 Å². The predicted molar refractivity (Wildman–Crippen MR) is 93.3 cm³/mol. The number of hydrogen-bond acceptors (Lipinski definition) is 3. The van der Waals surface area contributed by atoms with Crippen molar-refractivity contribution in [3.63, 3.8) is 0 Å². The molecule has 0 bridgehead atoms. The summed E-state index contributed by atoms with van der Waals surface area (Å²) in [6.45, 7) is 0. The molecule has 2 N–H and O–H groups in total. The number of benzene rings is 3. The number of aromatic carboxylic acids is 1. The highest BCUT2D eigenvalue weighted by Crippen LogP contribution is 2.02. The van der Waals surface area contributed by atoms with E-state index in [2.05, 4.69) is 0 Å². The van der Waals surface area contributed by atoms with Crippen LogP contribution in [0.25, 0.3) is 0 Å². The first kappa shape index (κ1) is 18.6. The third kappa shape index (κ3) is 8.14. The molecule has 4 nitrogen and oxygen atoms in total. The van der Waals surface area contributed by atoms with E-state index in [4.69, 9.17) is 10.2 Å². The van der Waals surface area contributed by atoms with Crippen molar-refractivity contribution < 1.29 is 19.8 Å². The molecule has 0 spiro atoms. The van der Waals surface area contributed by atoms with E-state index in [9.17, 15) is 9.59 Å². The minimum atomic E-state index is -0.879. The fourth-order valence-electron chi connectivity index (χ4n) is 1.54. The van der Waals surface area contributed by atoms with Gasteiger partial charge >= 0.3 is 5.97 Å². The maximum atomic E-state index is 10.2. The second-order valence-corrected chi connectivity index (χ2v) is 4.54. The Labute approximate surface area is 140 Å². The van der Waals surface area contributed by atoms with Gasteiger partial charge < -0.3 is 10.2 Å². The number of carbonyl (C=O) groups is 2. The summed E-state index contributed by atoms with van der Waals surface area (Å²) in [6, 6.07) is 26.1. The van der Waals surface area contributed by atoms with Crippen molar-refractivity contribution in [2.45, 2.75) is 0 Å². The first-order valence-corrected chi connectivity index (χ1v) is 7.16. The third-order valence-corrected chi connectivity index (χ3v) is 2.71. The molecule has 0 saturated carbocycles. The van der Waals surface area contributed by atoms with Crippen molar-refractivity contribution in [3.8, 4) is 5.75 Å². The van der Waals surface area contributed by atoms with Crippen LogP contribution >= 0.6 is 0 Å². The maximum absolute atomic E-state index is 10.2. The minimum Gasteiger partial charge on any atom is -0.508 e. The number of phenolic OH excluding ortho intramolecular Hbond substituents is 1. The molecule has 3 aromatic carbocycles. The van der Waals surface area contributed by atoms with Crippen LogP contribution in [0, 0.1) is 0 Å². The van der Waals surface area contributed by atoms with Gasteiger partial charge in [0.15, 0.2) is 0 Å². The van der Waals surface area contributed by atoms with Gasteiger partial charge in [-0.1, -0.05) is 66.7 Å². The Kier molecular flexibility index (Phi) is 8.71. The Hall–Kier alpha value is -3.40. The Balaban J connectivity index is 0.000000181. The van der Waals surface area contributed by atoms with E-state index in [-0.39, 0.29) is 0 Å². The Morgan fingerprint density at radius 3 is 1.38 bits per heavy atom. The molecule has 122 valence electrons. The van der Waals surface area contributed by atoms with Crippen LogP contribution in [0.3, 0.4) is 0 Å². The number of hydrogen-bond donors (Lipinski definition) is 2. The number of aldehydes is 1. The number of aromatic hydroxyl groups is 1. The summed E-state index contributed by atoms with van der Waals surface area (Å²) in [5, 5.41) is 17.0. The molecule has 4 heteroatoms. The molecule has 0 aliphatic carbocycles. The Bertz CT molecular complexity index is 710. The summed E-state index contributed by atoms with van der Waals surface area (Å²) in [5.74, 6) is -0.557. The van der Waals surface area contributed by atoms with E-state index >= 15 is 0 Å². The number of phenols is 1. The summed E-state index contributed by atoms with van der Waals surface area (Å²) in [6.07, 6.45) is 0.833. The first-order chi connectivity index (χ1) is 11.6. The van der Waals surface area contributed by atoms with Crippen molar-refractivity contribution in [2.24, 2.45) is 0 Å². The minimum absolute atomic E-state index is 0.322. The van der Waals surface area contributed by atoms with Crippen molar-refractivity contribution in [3.05, 3.63) is 102 Å². The molecule has 0 atom stereocenters. The van der Waals surface area contributed by atoms with Gasteiger partial charge in [0.1, 0.15) is 12.0 Å². The molecule has 0 amide bonds. The second kappa shape index (κ2) is 11.2. The summed E-state index contributed by atoms with van der Waals surface area (Å²) in [5.41, 5.74) is 1.06. The fourth-order valence-corrected chi connectivity index (χ4v) is 1.54. The molecule has 0 aliphatic rings. The van der Waals surface area contributed by atoms with Crippen molar-refractivity contribution in [1.82, 2.24) is 0 Å². The molecule has 3 aromatic rings. The lowest BCUT2D eigenvalue weighted by Crippen LogP contribution is -1.93. The molecule has 24 heavy (non-hydrogen) atoms. The topological polar surface area (TPSA) is 74.6 Å². The van der Waals surface area contributed by atoms with E-state index in [0.717, 1.165) is 11.8 Å². The van der Waals surface area contributed by atoms with E-state index in [1.54, 1.807) is 66.7 Å². The highest BCUT2D eigenvalue weighted by Gasteiger charge is 1.96. The Morgan fingerprint density at radius 2 is 1.12 bits per heavy atom. The van der Waals surface area contributed by atoms with E-state index in [0.29, 0.717) is 11.3 Å². The van der Waals surface area contributed by atoms with Gasteiger partial charge in [0.25, 0.3) is 0 Å². The van der Waals surface area contributed by atoms with E-state index in [1.807, 2.05) is 24.3 Å². The third-order valence-electron chi connectivity index (χ3n) is 2.71. The average Bonchev–Trinajstić information content (AvgIpc) is 2.65. The van der Waals surface area contributed by atoms with Gasteiger partial charge in [-0.05, 0) is 24.3 Å². The lowest BCUT2D eigenvalue weighted by Gasteiger charge is -1.88. The quantitative estimate of drug-likeness (QED) is 0.691. The van der Waals surface area contributed by atoms with E-state index in [1.165, 1.54) is 0 Å². The summed E-state index contributed by atoms with van der Waals surface area (Å²) in [4.78, 5) is 20.2. The molecule has 0 aromatic heterocycles. The molecular formula is C20H18O4. The molecule has 3 rings (SSSR count). The van der Waals surface area contributed by atoms with Crippen LogP contribution in [0.15, 0.2) is 91.0 Å². The van der Waals surface area contributed by atoms with Crippen molar-refractivity contribution >= 4 is 12.3 Å². The maximum Gasteiger partial charge on any atom is 0.335 e. The predicted octanol–water partition coefficient (Wildman–Crippen LogP) is 4.28. The van der Waals surface area contributed by atoms with Crippen LogP contribution in [0.1, 0.15) is 20.7 Å². The number of para-hydroxylation sites is 1. The molecular weight excluding hydrogens is 304 g/mol. The zero-order valence-electron chi connectivity index (χ0n) is 12.9. The molecule has 0 unspecified atom stereocenters. The van der Waals surface area contributed by atoms with Gasteiger partial charge in [0.2, 0.25) is 0 Å². The summed E-state index contributed by atoms with van der Waals surface area (Å²) < 4.78 is 0. The van der Waals surface area contributed by atoms with E-state index < -0.39 is 5.97 Å². The first-order valence-electron chi connectivity index (χ1n) is 7.16.